The standard InChI is InChI=1S/C11H17NOS/c1-14-7-11(13)9-4-2-3-8-5-6-10(9)12-8/h4,8,10,12H,2-3,5-7H2,1H3/t8-,10-/m0/s1. The Morgan fingerprint density at radius 3 is 3.21 bits per heavy atom. The summed E-state index contributed by atoms with van der Waals surface area (Å²) in [6.07, 6.45) is 8.82. The van der Waals surface area contributed by atoms with E-state index in [0.29, 0.717) is 23.6 Å². The summed E-state index contributed by atoms with van der Waals surface area (Å²) in [7, 11) is 0. The number of carbonyl (C=O) groups is 1. The molecule has 0 spiro atoms. The van der Waals surface area contributed by atoms with Gasteiger partial charge in [-0.15, -0.1) is 0 Å². The lowest BCUT2D eigenvalue weighted by Gasteiger charge is -2.13. The molecular weight excluding hydrogens is 194 g/mol. The Bertz CT molecular complexity index is 262. The number of thioether (sulfide) groups is 1. The minimum absolute atomic E-state index is 0.331. The lowest BCUT2D eigenvalue weighted by atomic mass is 9.97. The van der Waals surface area contributed by atoms with Crippen molar-refractivity contribution in [2.24, 2.45) is 0 Å². The molecule has 3 heteroatoms. The zero-order valence-corrected chi connectivity index (χ0v) is 9.40. The molecule has 2 nitrogen and oxygen atoms in total. The number of hydrogen-bond donors (Lipinski definition) is 1. The number of nitrogens with one attached hydrogen (secondary N) is 1. The van der Waals surface area contributed by atoms with Crippen LogP contribution in [-0.2, 0) is 4.79 Å². The first-order valence-electron chi connectivity index (χ1n) is 5.29. The Morgan fingerprint density at radius 2 is 2.43 bits per heavy atom. The molecule has 2 bridgehead atoms. The maximum absolute atomic E-state index is 11.8. The van der Waals surface area contributed by atoms with Crippen LogP contribution in [0.4, 0.5) is 0 Å². The zero-order valence-electron chi connectivity index (χ0n) is 8.58. The summed E-state index contributed by atoms with van der Waals surface area (Å²) in [6.45, 7) is 0. The van der Waals surface area contributed by atoms with Crippen LogP contribution in [0.2, 0.25) is 0 Å². The van der Waals surface area contributed by atoms with Gasteiger partial charge in [-0.05, 0) is 31.9 Å². The van der Waals surface area contributed by atoms with Gasteiger partial charge in [0, 0.05) is 17.7 Å². The molecule has 0 amide bonds. The van der Waals surface area contributed by atoms with Crippen LogP contribution in [0.5, 0.6) is 0 Å². The molecule has 0 aromatic heterocycles. The number of Topliss-reactive ketones (excluding diaryl/α,β-unsaturated/α-hetero) is 1. The highest BCUT2D eigenvalue weighted by molar-refractivity contribution is 7.99. The Kier molecular flexibility index (Phi) is 3.29. The number of carbonyl (C=O) groups excluding carboxylic acids is 1. The number of fused-ring (bicyclic) bond motifs is 2. The van der Waals surface area contributed by atoms with Gasteiger partial charge in [0.05, 0.1) is 5.75 Å². The van der Waals surface area contributed by atoms with Crippen LogP contribution < -0.4 is 5.32 Å². The molecule has 2 aliphatic heterocycles. The van der Waals surface area contributed by atoms with Gasteiger partial charge in [0.25, 0.3) is 0 Å². The average molecular weight is 211 g/mol. The predicted octanol–water partition coefficient (Wildman–Crippen LogP) is 1.76. The van der Waals surface area contributed by atoms with E-state index in [-0.39, 0.29) is 0 Å². The van der Waals surface area contributed by atoms with Crippen molar-refractivity contribution < 1.29 is 4.79 Å². The molecule has 0 aromatic carbocycles. The quantitative estimate of drug-likeness (QED) is 0.771. The molecule has 2 heterocycles. The van der Waals surface area contributed by atoms with Gasteiger partial charge in [-0.3, -0.25) is 4.79 Å². The SMILES string of the molecule is CSCC(=O)C1=CCC[C@H]2CC[C@@H]1N2. The van der Waals surface area contributed by atoms with E-state index in [2.05, 4.69) is 11.4 Å². The van der Waals surface area contributed by atoms with E-state index in [1.165, 1.54) is 12.8 Å². The van der Waals surface area contributed by atoms with Crippen LogP contribution in [0.1, 0.15) is 25.7 Å². The second kappa shape index (κ2) is 4.49. The molecule has 14 heavy (non-hydrogen) atoms. The lowest BCUT2D eigenvalue weighted by molar-refractivity contribution is -0.113. The molecule has 0 saturated carbocycles. The van der Waals surface area contributed by atoms with E-state index in [1.807, 2.05) is 6.26 Å². The van der Waals surface area contributed by atoms with Crippen molar-refractivity contribution in [1.29, 1.82) is 0 Å². The van der Waals surface area contributed by atoms with Gasteiger partial charge >= 0.3 is 0 Å². The van der Waals surface area contributed by atoms with Gasteiger partial charge in [-0.25, -0.2) is 0 Å². The second-order valence-electron chi connectivity index (χ2n) is 4.09. The molecule has 1 saturated heterocycles. The fourth-order valence-corrected chi connectivity index (χ4v) is 2.83. The monoisotopic (exact) mass is 211 g/mol. The third kappa shape index (κ3) is 2.04. The summed E-state index contributed by atoms with van der Waals surface area (Å²) in [5.74, 6) is 0.965. The second-order valence-corrected chi connectivity index (χ2v) is 4.95. The number of rotatable bonds is 3. The van der Waals surface area contributed by atoms with Crippen LogP contribution in [-0.4, -0.2) is 29.9 Å². The maximum atomic E-state index is 11.8. The summed E-state index contributed by atoms with van der Waals surface area (Å²) < 4.78 is 0. The van der Waals surface area contributed by atoms with E-state index in [0.717, 1.165) is 18.4 Å². The fraction of sp³-hybridized carbons (Fsp3) is 0.727. The minimum atomic E-state index is 0.331. The number of allylic oxidation sites excluding steroid dienone is 1. The van der Waals surface area contributed by atoms with Gasteiger partial charge in [-0.2, -0.15) is 11.8 Å². The van der Waals surface area contributed by atoms with Crippen molar-refractivity contribution in [3.8, 4) is 0 Å². The van der Waals surface area contributed by atoms with Crippen molar-refractivity contribution in [3.05, 3.63) is 11.6 Å². The molecule has 1 N–H and O–H groups in total. The highest BCUT2D eigenvalue weighted by Gasteiger charge is 2.30. The third-order valence-corrected chi connectivity index (χ3v) is 3.64. The predicted molar refractivity (Wildman–Crippen MR) is 60.7 cm³/mol. The number of ketones is 1. The van der Waals surface area contributed by atoms with E-state index in [1.54, 1.807) is 11.8 Å². The molecule has 0 aliphatic carbocycles. The van der Waals surface area contributed by atoms with E-state index >= 15 is 0 Å². The topological polar surface area (TPSA) is 29.1 Å². The van der Waals surface area contributed by atoms with Crippen molar-refractivity contribution in [3.63, 3.8) is 0 Å². The van der Waals surface area contributed by atoms with Crippen LogP contribution in [0.25, 0.3) is 0 Å². The van der Waals surface area contributed by atoms with Crippen LogP contribution >= 0.6 is 11.8 Å². The minimum Gasteiger partial charge on any atom is -0.307 e. The van der Waals surface area contributed by atoms with Crippen molar-refractivity contribution in [2.75, 3.05) is 12.0 Å². The largest absolute Gasteiger partial charge is 0.307 e. The molecule has 2 atom stereocenters. The summed E-state index contributed by atoms with van der Waals surface area (Å²) >= 11 is 1.62. The van der Waals surface area contributed by atoms with Crippen molar-refractivity contribution in [1.82, 2.24) is 5.32 Å². The van der Waals surface area contributed by atoms with Crippen LogP contribution in [0.3, 0.4) is 0 Å². The molecule has 0 unspecified atom stereocenters. The smallest absolute Gasteiger partial charge is 0.169 e. The van der Waals surface area contributed by atoms with Gasteiger partial charge in [0.15, 0.2) is 5.78 Å². The molecular formula is C11H17NOS. The van der Waals surface area contributed by atoms with Gasteiger partial charge in [0.2, 0.25) is 0 Å². The normalized spacial score (nSPS) is 31.1. The Labute approximate surface area is 89.5 Å². The Balaban J connectivity index is 2.08. The van der Waals surface area contributed by atoms with Gasteiger partial charge in [-0.1, -0.05) is 6.08 Å². The Morgan fingerprint density at radius 1 is 1.57 bits per heavy atom. The third-order valence-electron chi connectivity index (χ3n) is 3.09. The van der Waals surface area contributed by atoms with E-state index in [9.17, 15) is 4.79 Å². The van der Waals surface area contributed by atoms with E-state index < -0.39 is 0 Å². The Hall–Kier alpha value is -0.280. The van der Waals surface area contributed by atoms with Crippen molar-refractivity contribution in [2.45, 2.75) is 37.8 Å². The van der Waals surface area contributed by atoms with Crippen molar-refractivity contribution >= 4 is 17.5 Å². The lowest BCUT2D eigenvalue weighted by Crippen LogP contribution is -2.31. The van der Waals surface area contributed by atoms with Crippen LogP contribution in [0.15, 0.2) is 11.6 Å². The summed E-state index contributed by atoms with van der Waals surface area (Å²) in [5, 5.41) is 3.54. The molecule has 1 fully saturated rings. The molecule has 78 valence electrons. The maximum Gasteiger partial charge on any atom is 0.169 e. The first kappa shape index (κ1) is 10.2. The van der Waals surface area contributed by atoms with Gasteiger partial charge < -0.3 is 5.32 Å². The fourth-order valence-electron chi connectivity index (χ4n) is 2.40. The highest BCUT2D eigenvalue weighted by atomic mass is 32.2. The molecule has 2 aliphatic rings. The summed E-state index contributed by atoms with van der Waals surface area (Å²) in [4.78, 5) is 11.8. The molecule has 2 rings (SSSR count). The first-order valence-corrected chi connectivity index (χ1v) is 6.69. The highest BCUT2D eigenvalue weighted by Crippen LogP contribution is 2.26. The number of hydrogen-bond acceptors (Lipinski definition) is 3. The summed E-state index contributed by atoms with van der Waals surface area (Å²) in [5.41, 5.74) is 1.05. The summed E-state index contributed by atoms with van der Waals surface area (Å²) in [6, 6.07) is 1.03. The first-order chi connectivity index (χ1) is 6.81. The molecule has 0 radical (unpaired) electrons. The van der Waals surface area contributed by atoms with Crippen LogP contribution in [0, 0.1) is 0 Å². The van der Waals surface area contributed by atoms with E-state index in [4.69, 9.17) is 0 Å². The zero-order chi connectivity index (χ0) is 9.97. The van der Waals surface area contributed by atoms with Gasteiger partial charge in [0.1, 0.15) is 0 Å². The molecule has 0 aromatic rings. The average Bonchev–Trinajstić information content (AvgIpc) is 2.47.